The summed E-state index contributed by atoms with van der Waals surface area (Å²) in [4.78, 5) is 25.2. The van der Waals surface area contributed by atoms with Gasteiger partial charge in [-0.15, -0.1) is 0 Å². The van der Waals surface area contributed by atoms with Crippen LogP contribution < -0.4 is 5.32 Å². The molecular weight excluding hydrogens is 224 g/mol. The third-order valence-electron chi connectivity index (χ3n) is 3.28. The Balaban J connectivity index is 2.02. The third kappa shape index (κ3) is 2.34. The van der Waals surface area contributed by atoms with Gasteiger partial charge in [-0.3, -0.25) is 9.59 Å². The monoisotopic (exact) mass is 242 g/mol. The highest BCUT2D eigenvalue weighted by atomic mass is 32.2. The molecule has 2 aliphatic rings. The highest BCUT2D eigenvalue weighted by Gasteiger charge is 2.34. The molecule has 5 heteroatoms. The maximum atomic E-state index is 11.8. The summed E-state index contributed by atoms with van der Waals surface area (Å²) in [6.07, 6.45) is 1.88. The number of nitrogens with zero attached hydrogens (tertiary/aromatic N) is 1. The minimum Gasteiger partial charge on any atom is -0.345 e. The van der Waals surface area contributed by atoms with Crippen LogP contribution in [0.4, 0.5) is 0 Å². The number of thioether (sulfide) groups is 1. The number of nitrogens with one attached hydrogen (secondary N) is 1. The molecule has 2 heterocycles. The predicted octanol–water partition coefficient (Wildman–Crippen LogP) is 0.476. The number of hydrogen-bond acceptors (Lipinski definition) is 3. The van der Waals surface area contributed by atoms with Crippen LogP contribution in [0.1, 0.15) is 19.8 Å². The molecule has 0 radical (unpaired) electrons. The summed E-state index contributed by atoms with van der Waals surface area (Å²) < 4.78 is 0. The van der Waals surface area contributed by atoms with Gasteiger partial charge in [-0.1, -0.05) is 6.92 Å². The van der Waals surface area contributed by atoms with Crippen molar-refractivity contribution < 1.29 is 9.59 Å². The van der Waals surface area contributed by atoms with Gasteiger partial charge in [0.15, 0.2) is 0 Å². The van der Waals surface area contributed by atoms with Crippen molar-refractivity contribution in [1.82, 2.24) is 10.2 Å². The van der Waals surface area contributed by atoms with E-state index in [0.717, 1.165) is 12.3 Å². The normalized spacial score (nSPS) is 30.7. The molecule has 0 bridgehead atoms. The van der Waals surface area contributed by atoms with E-state index in [1.54, 1.807) is 4.90 Å². The van der Waals surface area contributed by atoms with Crippen LogP contribution in [0.3, 0.4) is 0 Å². The summed E-state index contributed by atoms with van der Waals surface area (Å²) in [6.45, 7) is 2.90. The zero-order valence-electron chi connectivity index (χ0n) is 9.57. The van der Waals surface area contributed by atoms with Crippen molar-refractivity contribution in [2.45, 2.75) is 25.8 Å². The van der Waals surface area contributed by atoms with E-state index in [0.29, 0.717) is 12.3 Å². The molecular formula is C11H18N2O2S. The Morgan fingerprint density at radius 2 is 2.31 bits per heavy atom. The fraction of sp³-hybridized carbons (Fsp3) is 0.818. The standard InChI is InChI=1S/C11H18N2O2S/c1-2-9-11(15)12-5-10(14)13(9)6-8-3-4-16-7-8/h8-9H,2-7H2,1H3,(H,12,15). The zero-order chi connectivity index (χ0) is 11.5. The molecule has 2 fully saturated rings. The second-order valence-electron chi connectivity index (χ2n) is 4.42. The number of amides is 2. The summed E-state index contributed by atoms with van der Waals surface area (Å²) >= 11 is 1.94. The Bertz CT molecular complexity index is 290. The van der Waals surface area contributed by atoms with Gasteiger partial charge in [-0.05, 0) is 30.3 Å². The van der Waals surface area contributed by atoms with Gasteiger partial charge in [0.2, 0.25) is 11.8 Å². The van der Waals surface area contributed by atoms with Gasteiger partial charge in [-0.25, -0.2) is 0 Å². The molecule has 2 atom stereocenters. The fourth-order valence-corrected chi connectivity index (χ4v) is 3.61. The van der Waals surface area contributed by atoms with E-state index in [4.69, 9.17) is 0 Å². The molecule has 0 aromatic rings. The number of rotatable bonds is 3. The number of carbonyl (C=O) groups excluding carboxylic acids is 2. The van der Waals surface area contributed by atoms with Crippen LogP contribution in [0.25, 0.3) is 0 Å². The van der Waals surface area contributed by atoms with Crippen molar-refractivity contribution in [2.75, 3.05) is 24.6 Å². The Kier molecular flexibility index (Phi) is 3.74. The smallest absolute Gasteiger partial charge is 0.243 e. The molecule has 90 valence electrons. The van der Waals surface area contributed by atoms with E-state index in [9.17, 15) is 9.59 Å². The Labute approximate surface area is 100 Å². The molecule has 2 aliphatic heterocycles. The topological polar surface area (TPSA) is 49.4 Å². The van der Waals surface area contributed by atoms with Gasteiger partial charge < -0.3 is 10.2 Å². The van der Waals surface area contributed by atoms with Crippen LogP contribution in [-0.4, -0.2) is 47.4 Å². The second kappa shape index (κ2) is 5.08. The summed E-state index contributed by atoms with van der Waals surface area (Å²) in [6, 6.07) is -0.244. The first-order valence-electron chi connectivity index (χ1n) is 5.87. The highest BCUT2D eigenvalue weighted by Crippen LogP contribution is 2.25. The van der Waals surface area contributed by atoms with Gasteiger partial charge in [0.1, 0.15) is 6.04 Å². The van der Waals surface area contributed by atoms with Gasteiger partial charge in [0, 0.05) is 6.54 Å². The predicted molar refractivity (Wildman–Crippen MR) is 64.2 cm³/mol. The first-order chi connectivity index (χ1) is 7.72. The molecule has 2 amide bonds. The molecule has 0 aromatic heterocycles. The summed E-state index contributed by atoms with van der Waals surface area (Å²) in [5.41, 5.74) is 0. The van der Waals surface area contributed by atoms with Crippen molar-refractivity contribution in [2.24, 2.45) is 5.92 Å². The molecule has 2 rings (SSSR count). The lowest BCUT2D eigenvalue weighted by molar-refractivity contribution is -0.146. The van der Waals surface area contributed by atoms with E-state index in [-0.39, 0.29) is 24.4 Å². The molecule has 0 aliphatic carbocycles. The van der Waals surface area contributed by atoms with E-state index in [2.05, 4.69) is 5.32 Å². The Hall–Kier alpha value is -0.710. The zero-order valence-corrected chi connectivity index (χ0v) is 10.4. The van der Waals surface area contributed by atoms with Crippen molar-refractivity contribution in [3.8, 4) is 0 Å². The number of hydrogen-bond donors (Lipinski definition) is 1. The van der Waals surface area contributed by atoms with Crippen molar-refractivity contribution in [3.05, 3.63) is 0 Å². The largest absolute Gasteiger partial charge is 0.345 e. The van der Waals surface area contributed by atoms with Gasteiger partial charge in [0.05, 0.1) is 6.54 Å². The Morgan fingerprint density at radius 1 is 1.50 bits per heavy atom. The summed E-state index contributed by atoms with van der Waals surface area (Å²) in [5, 5.41) is 2.65. The fourth-order valence-electron chi connectivity index (χ4n) is 2.34. The van der Waals surface area contributed by atoms with Crippen molar-refractivity contribution >= 4 is 23.6 Å². The van der Waals surface area contributed by atoms with E-state index in [1.807, 2.05) is 18.7 Å². The van der Waals surface area contributed by atoms with Gasteiger partial charge in [0.25, 0.3) is 0 Å². The molecule has 1 N–H and O–H groups in total. The van der Waals surface area contributed by atoms with E-state index < -0.39 is 0 Å². The van der Waals surface area contributed by atoms with Crippen molar-refractivity contribution in [3.63, 3.8) is 0 Å². The Morgan fingerprint density at radius 3 is 2.94 bits per heavy atom. The lowest BCUT2D eigenvalue weighted by Gasteiger charge is -2.35. The molecule has 0 saturated carbocycles. The van der Waals surface area contributed by atoms with Crippen LogP contribution in [-0.2, 0) is 9.59 Å². The second-order valence-corrected chi connectivity index (χ2v) is 5.57. The van der Waals surface area contributed by atoms with Crippen LogP contribution in [0.2, 0.25) is 0 Å². The van der Waals surface area contributed by atoms with Gasteiger partial charge >= 0.3 is 0 Å². The summed E-state index contributed by atoms with van der Waals surface area (Å²) in [5.74, 6) is 2.97. The molecule has 0 spiro atoms. The lowest BCUT2D eigenvalue weighted by Crippen LogP contribution is -2.59. The maximum absolute atomic E-state index is 11.8. The minimum absolute atomic E-state index is 0.00718. The number of carbonyl (C=O) groups is 2. The highest BCUT2D eigenvalue weighted by molar-refractivity contribution is 7.99. The molecule has 2 unspecified atom stereocenters. The van der Waals surface area contributed by atoms with Crippen molar-refractivity contribution in [1.29, 1.82) is 0 Å². The summed E-state index contributed by atoms with van der Waals surface area (Å²) in [7, 11) is 0. The van der Waals surface area contributed by atoms with Crippen LogP contribution in [0, 0.1) is 5.92 Å². The van der Waals surface area contributed by atoms with Crippen LogP contribution in [0.15, 0.2) is 0 Å². The van der Waals surface area contributed by atoms with Gasteiger partial charge in [-0.2, -0.15) is 11.8 Å². The molecule has 4 nitrogen and oxygen atoms in total. The first-order valence-corrected chi connectivity index (χ1v) is 7.02. The maximum Gasteiger partial charge on any atom is 0.243 e. The molecule has 16 heavy (non-hydrogen) atoms. The van der Waals surface area contributed by atoms with E-state index in [1.165, 1.54) is 12.2 Å². The minimum atomic E-state index is -0.244. The van der Waals surface area contributed by atoms with Crippen LogP contribution >= 0.6 is 11.8 Å². The SMILES string of the molecule is CCC1C(=O)NCC(=O)N1CC1CCSC1. The molecule has 2 saturated heterocycles. The quantitative estimate of drug-likeness (QED) is 0.783. The lowest BCUT2D eigenvalue weighted by atomic mass is 10.0. The molecule has 0 aromatic carbocycles. The first kappa shape index (κ1) is 11.8. The number of piperazine rings is 1. The third-order valence-corrected chi connectivity index (χ3v) is 4.51. The average Bonchev–Trinajstić information content (AvgIpc) is 2.77. The average molecular weight is 242 g/mol. The van der Waals surface area contributed by atoms with Crippen LogP contribution in [0.5, 0.6) is 0 Å². The van der Waals surface area contributed by atoms with E-state index >= 15 is 0 Å².